The molecule has 0 spiro atoms. The van der Waals surface area contributed by atoms with Crippen molar-refractivity contribution in [3.63, 3.8) is 0 Å². The third-order valence-corrected chi connectivity index (χ3v) is 6.29. The highest BCUT2D eigenvalue weighted by molar-refractivity contribution is 5.85. The Morgan fingerprint density at radius 3 is 2.61 bits per heavy atom. The van der Waals surface area contributed by atoms with Gasteiger partial charge >= 0.3 is 5.97 Å². The van der Waals surface area contributed by atoms with Gasteiger partial charge in [-0.2, -0.15) is 0 Å². The van der Waals surface area contributed by atoms with Crippen LogP contribution in [0.25, 0.3) is 0 Å². The van der Waals surface area contributed by atoms with Gasteiger partial charge in [-0.1, -0.05) is 18.2 Å². The van der Waals surface area contributed by atoms with Gasteiger partial charge < -0.3 is 54.5 Å². The molecule has 0 aliphatic carbocycles. The van der Waals surface area contributed by atoms with E-state index in [2.05, 4.69) is 6.58 Å². The molecule has 0 radical (unpaired) electrons. The second-order valence-electron chi connectivity index (χ2n) is 8.73. The summed E-state index contributed by atoms with van der Waals surface area (Å²) in [5.41, 5.74) is 0.656. The standard InChI is InChI=1S/C24H31NO11/c1-2-14-15(6-5-13-4-3-8-25(10-13)9-7-18(27)28)16(22(32)33)12-34-23(14)36-24-21(31)20(30)19(29)17(11-26)35-24/h2-6,8,12,14-15,17,19-21,23-24,26,29-31H,1,7,9-11H2,(H,27,28)(H,32,33). The molecule has 3 aliphatic rings. The maximum absolute atomic E-state index is 11.8. The Morgan fingerprint density at radius 2 is 1.97 bits per heavy atom. The molecule has 3 aliphatic heterocycles. The van der Waals surface area contributed by atoms with Gasteiger partial charge in [-0.25, -0.2) is 0 Å². The van der Waals surface area contributed by atoms with E-state index < -0.39 is 67.4 Å². The first kappa shape index (κ1) is 27.7. The fraction of sp³-hybridized carbons (Fsp3) is 0.500. The molecule has 0 amide bonds. The summed E-state index contributed by atoms with van der Waals surface area (Å²) in [7, 11) is 0. The molecule has 0 aromatic carbocycles. The van der Waals surface area contributed by atoms with Crippen molar-refractivity contribution in [2.24, 2.45) is 11.8 Å². The van der Waals surface area contributed by atoms with Crippen molar-refractivity contribution in [2.75, 3.05) is 19.7 Å². The fourth-order valence-corrected chi connectivity index (χ4v) is 4.26. The van der Waals surface area contributed by atoms with Crippen LogP contribution in [0.15, 0.2) is 60.6 Å². The number of nitrogens with one attached hydrogen (secondary N) is 1. The maximum Gasteiger partial charge on any atom is 0.309 e. The van der Waals surface area contributed by atoms with Gasteiger partial charge in [0.1, 0.15) is 31.0 Å². The third kappa shape index (κ3) is 6.48. The average molecular weight is 510 g/mol. The lowest BCUT2D eigenvalue weighted by atomic mass is 9.83. The van der Waals surface area contributed by atoms with Gasteiger partial charge in [-0.3, -0.25) is 4.79 Å². The molecule has 0 aromatic heterocycles. The van der Waals surface area contributed by atoms with Crippen molar-refractivity contribution in [1.29, 1.82) is 0 Å². The number of aliphatic hydroxyl groups is 4. The Balaban J connectivity index is 1.77. The lowest BCUT2D eigenvalue weighted by Crippen LogP contribution is -3.08. The minimum Gasteiger partial charge on any atom is -0.545 e. The van der Waals surface area contributed by atoms with Gasteiger partial charge in [-0.15, -0.1) is 6.58 Å². The van der Waals surface area contributed by atoms with Crippen LogP contribution in [0, 0.1) is 11.8 Å². The Labute approximate surface area is 207 Å². The number of carboxylic acids is 2. The quantitative estimate of drug-likeness (QED) is 0.161. The van der Waals surface area contributed by atoms with Gasteiger partial charge in [-0.05, 0) is 12.2 Å². The molecule has 0 saturated carbocycles. The van der Waals surface area contributed by atoms with Gasteiger partial charge in [0, 0.05) is 23.0 Å². The van der Waals surface area contributed by atoms with Crippen LogP contribution in [0.3, 0.4) is 0 Å². The molecule has 3 rings (SSSR count). The first-order valence-electron chi connectivity index (χ1n) is 11.4. The summed E-state index contributed by atoms with van der Waals surface area (Å²) < 4.78 is 16.5. The summed E-state index contributed by atoms with van der Waals surface area (Å²) in [5.74, 6) is -3.96. The summed E-state index contributed by atoms with van der Waals surface area (Å²) in [6.07, 6.45) is 2.42. The van der Waals surface area contributed by atoms with Gasteiger partial charge in [0.05, 0.1) is 38.0 Å². The van der Waals surface area contributed by atoms with Crippen LogP contribution in [0.1, 0.15) is 6.42 Å². The van der Waals surface area contributed by atoms with E-state index in [1.165, 1.54) is 6.08 Å². The highest BCUT2D eigenvalue weighted by atomic mass is 16.8. The molecular weight excluding hydrogens is 478 g/mol. The summed E-state index contributed by atoms with van der Waals surface area (Å²) in [6, 6.07) is 0. The molecule has 9 atom stereocenters. The second-order valence-corrected chi connectivity index (χ2v) is 8.73. The molecule has 3 heterocycles. The molecule has 1 saturated heterocycles. The first-order valence-corrected chi connectivity index (χ1v) is 11.4. The zero-order valence-corrected chi connectivity index (χ0v) is 19.4. The maximum atomic E-state index is 11.8. The van der Waals surface area contributed by atoms with Crippen LogP contribution in [0.2, 0.25) is 0 Å². The van der Waals surface area contributed by atoms with E-state index in [0.29, 0.717) is 13.1 Å². The molecule has 1 fully saturated rings. The summed E-state index contributed by atoms with van der Waals surface area (Å²) in [6.45, 7) is 3.99. The molecule has 12 heteroatoms. The van der Waals surface area contributed by atoms with Gasteiger partial charge in [0.15, 0.2) is 6.29 Å². The minimum absolute atomic E-state index is 0.00368. The van der Waals surface area contributed by atoms with Crippen molar-refractivity contribution in [3.8, 4) is 0 Å². The van der Waals surface area contributed by atoms with Crippen molar-refractivity contribution in [1.82, 2.24) is 0 Å². The zero-order valence-electron chi connectivity index (χ0n) is 19.4. The smallest absolute Gasteiger partial charge is 0.309 e. The fourth-order valence-electron chi connectivity index (χ4n) is 4.26. The predicted octanol–water partition coefficient (Wildman–Crippen LogP) is -3.42. The van der Waals surface area contributed by atoms with E-state index >= 15 is 0 Å². The molecule has 9 unspecified atom stereocenters. The summed E-state index contributed by atoms with van der Waals surface area (Å²) in [4.78, 5) is 23.6. The topological polar surface area (TPSA) is 190 Å². The van der Waals surface area contributed by atoms with E-state index in [1.54, 1.807) is 18.2 Å². The number of hydrogen-bond donors (Lipinski definition) is 6. The number of carbonyl (C=O) groups is 2. The first-order chi connectivity index (χ1) is 17.2. The largest absolute Gasteiger partial charge is 0.545 e. The van der Waals surface area contributed by atoms with Crippen LogP contribution in [-0.4, -0.2) is 94.2 Å². The normalized spacial score (nSPS) is 36.6. The Kier molecular flexibility index (Phi) is 9.56. The SMILES string of the molecule is C=CC1C(OC2OC(CO)C(O)C(O)C2O)OC=C(C(=O)[O-])C1C=CC1=CC=C[NH+](CCC(=O)O)C1. The highest BCUT2D eigenvalue weighted by Gasteiger charge is 2.46. The zero-order chi connectivity index (χ0) is 26.4. The van der Waals surface area contributed by atoms with Crippen molar-refractivity contribution >= 4 is 11.9 Å². The summed E-state index contributed by atoms with van der Waals surface area (Å²) in [5, 5.41) is 60.3. The second kappa shape index (κ2) is 12.4. The van der Waals surface area contributed by atoms with Gasteiger partial charge in [0.25, 0.3) is 0 Å². The van der Waals surface area contributed by atoms with E-state index in [0.717, 1.165) is 16.7 Å². The third-order valence-electron chi connectivity index (χ3n) is 6.29. The van der Waals surface area contributed by atoms with Crippen LogP contribution >= 0.6 is 0 Å². The number of quaternary nitrogens is 1. The Hall–Kier alpha value is -2.84. The van der Waals surface area contributed by atoms with E-state index in [-0.39, 0.29) is 12.0 Å². The van der Waals surface area contributed by atoms with E-state index in [1.807, 2.05) is 12.3 Å². The van der Waals surface area contributed by atoms with Crippen LogP contribution in [-0.2, 0) is 23.8 Å². The van der Waals surface area contributed by atoms with Crippen LogP contribution in [0.4, 0.5) is 0 Å². The monoisotopic (exact) mass is 509 g/mol. The Morgan fingerprint density at radius 1 is 1.22 bits per heavy atom. The molecule has 36 heavy (non-hydrogen) atoms. The number of rotatable bonds is 10. The highest BCUT2D eigenvalue weighted by Crippen LogP contribution is 2.35. The van der Waals surface area contributed by atoms with Crippen molar-refractivity contribution < 1.29 is 59.3 Å². The van der Waals surface area contributed by atoms with Crippen molar-refractivity contribution in [2.45, 2.75) is 43.4 Å². The number of aliphatic hydroxyl groups excluding tert-OH is 4. The predicted molar refractivity (Wildman–Crippen MR) is 119 cm³/mol. The molecule has 0 aromatic rings. The number of carbonyl (C=O) groups excluding carboxylic acids is 1. The lowest BCUT2D eigenvalue weighted by Gasteiger charge is -2.43. The molecule has 6 N–H and O–H groups in total. The number of aliphatic carboxylic acids is 2. The molecule has 12 nitrogen and oxygen atoms in total. The molecule has 198 valence electrons. The summed E-state index contributed by atoms with van der Waals surface area (Å²) >= 11 is 0. The molecular formula is C24H31NO11. The van der Waals surface area contributed by atoms with E-state index in [9.17, 15) is 35.1 Å². The number of carboxylic acid groups (broad SMARTS) is 2. The number of allylic oxidation sites excluding steroid dienone is 3. The van der Waals surface area contributed by atoms with Crippen LogP contribution in [0.5, 0.6) is 0 Å². The van der Waals surface area contributed by atoms with Crippen LogP contribution < -0.4 is 10.0 Å². The van der Waals surface area contributed by atoms with Gasteiger partial charge in [0.2, 0.25) is 6.29 Å². The van der Waals surface area contributed by atoms with Crippen molar-refractivity contribution in [3.05, 3.63) is 60.6 Å². The molecule has 0 bridgehead atoms. The average Bonchev–Trinajstić information content (AvgIpc) is 2.86. The lowest BCUT2D eigenvalue weighted by molar-refractivity contribution is -0.841. The minimum atomic E-state index is -1.67. The number of ether oxygens (including phenoxy) is 3. The van der Waals surface area contributed by atoms with E-state index in [4.69, 9.17) is 19.3 Å². The number of hydrogen-bond acceptors (Lipinski definition) is 10. The Bertz CT molecular complexity index is 940.